The van der Waals surface area contributed by atoms with Gasteiger partial charge in [-0.25, -0.2) is 0 Å². The van der Waals surface area contributed by atoms with E-state index in [1.54, 1.807) is 0 Å². The van der Waals surface area contributed by atoms with Crippen LogP contribution in [0.5, 0.6) is 0 Å². The molecule has 0 aliphatic carbocycles. The Balaban J connectivity index is 0. The maximum absolute atomic E-state index is 9.59. The molecule has 0 saturated heterocycles. The predicted octanol–water partition coefficient (Wildman–Crippen LogP) is -4.32. The molecule has 0 spiro atoms. The summed E-state index contributed by atoms with van der Waals surface area (Å²) in [6.07, 6.45) is 1.22. The van der Waals surface area contributed by atoms with Gasteiger partial charge in [-0.15, -0.1) is 0 Å². The molecular formula is C5H7KO3. The summed E-state index contributed by atoms with van der Waals surface area (Å²) >= 11 is 0. The van der Waals surface area contributed by atoms with Crippen molar-refractivity contribution in [2.24, 2.45) is 0 Å². The Kier molecular flexibility index (Phi) is 9.60. The van der Waals surface area contributed by atoms with Crippen LogP contribution in [0.15, 0.2) is 12.2 Å². The van der Waals surface area contributed by atoms with Gasteiger partial charge in [0.15, 0.2) is 0 Å². The molecule has 0 heterocycles. The predicted molar refractivity (Wildman–Crippen MR) is 25.8 cm³/mol. The molecule has 0 amide bonds. The van der Waals surface area contributed by atoms with Crippen molar-refractivity contribution in [1.29, 1.82) is 0 Å². The number of hydrogen-bond donors (Lipinski definition) is 1. The van der Waals surface area contributed by atoms with E-state index >= 15 is 0 Å². The molecule has 4 heteroatoms. The van der Waals surface area contributed by atoms with Crippen molar-refractivity contribution in [3.63, 3.8) is 0 Å². The maximum Gasteiger partial charge on any atom is 1.00 e. The van der Waals surface area contributed by atoms with Crippen LogP contribution in [0.1, 0.15) is 6.92 Å². The van der Waals surface area contributed by atoms with Crippen molar-refractivity contribution in [2.45, 2.75) is 13.0 Å². The van der Waals surface area contributed by atoms with Gasteiger partial charge < -0.3 is 15.0 Å². The first kappa shape index (κ1) is 12.5. The quantitative estimate of drug-likeness (QED) is 0.323. The van der Waals surface area contributed by atoms with Crippen LogP contribution >= 0.6 is 0 Å². The van der Waals surface area contributed by atoms with Gasteiger partial charge in [0.2, 0.25) is 0 Å². The summed E-state index contributed by atoms with van der Waals surface area (Å²) in [6.45, 7) is 1.46. The van der Waals surface area contributed by atoms with E-state index in [0.29, 0.717) is 0 Å². The average Bonchev–Trinajstić information content (AvgIpc) is 1.61. The fraction of sp³-hybridized carbons (Fsp3) is 0.400. The van der Waals surface area contributed by atoms with Gasteiger partial charge in [0.25, 0.3) is 0 Å². The van der Waals surface area contributed by atoms with Crippen molar-refractivity contribution in [1.82, 2.24) is 0 Å². The summed E-state index contributed by atoms with van der Waals surface area (Å²) in [7, 11) is 0. The van der Waals surface area contributed by atoms with Gasteiger partial charge in [0.05, 0.1) is 12.1 Å². The van der Waals surface area contributed by atoms with Gasteiger partial charge in [0.1, 0.15) is 0 Å². The number of carboxylic acid groups (broad SMARTS) is 1. The van der Waals surface area contributed by atoms with Crippen LogP contribution in [0.2, 0.25) is 0 Å². The second-order valence-corrected chi connectivity index (χ2v) is 1.42. The number of aliphatic carboxylic acids is 1. The summed E-state index contributed by atoms with van der Waals surface area (Å²) in [5, 5.41) is 18.0. The minimum atomic E-state index is -1.29. The van der Waals surface area contributed by atoms with Crippen LogP contribution in [-0.2, 0) is 4.79 Å². The van der Waals surface area contributed by atoms with E-state index in [9.17, 15) is 9.90 Å². The molecule has 1 atom stereocenters. The van der Waals surface area contributed by atoms with Crippen molar-refractivity contribution in [3.8, 4) is 0 Å². The molecule has 3 nitrogen and oxygen atoms in total. The fourth-order valence-electron chi connectivity index (χ4n) is 0.218. The van der Waals surface area contributed by atoms with E-state index in [1.165, 1.54) is 6.92 Å². The molecule has 0 aromatic rings. The van der Waals surface area contributed by atoms with Crippen molar-refractivity contribution >= 4 is 5.97 Å². The van der Waals surface area contributed by atoms with E-state index in [0.717, 1.165) is 12.2 Å². The third-order valence-electron chi connectivity index (χ3n) is 0.511. The van der Waals surface area contributed by atoms with Crippen LogP contribution in [0.3, 0.4) is 0 Å². The number of carbonyl (C=O) groups is 1. The molecule has 0 rings (SSSR count). The molecule has 0 aliphatic rings. The zero-order valence-electron chi connectivity index (χ0n) is 5.50. The topological polar surface area (TPSA) is 60.4 Å². The minimum absolute atomic E-state index is 0. The number of rotatable bonds is 2. The summed E-state index contributed by atoms with van der Waals surface area (Å²) in [6, 6.07) is 0. The zero-order chi connectivity index (χ0) is 6.57. The minimum Gasteiger partial charge on any atom is -0.545 e. The summed E-state index contributed by atoms with van der Waals surface area (Å²) < 4.78 is 0. The Labute approximate surface area is 96.2 Å². The Morgan fingerprint density at radius 1 is 1.78 bits per heavy atom. The van der Waals surface area contributed by atoms with Gasteiger partial charge in [-0.3, -0.25) is 0 Å². The van der Waals surface area contributed by atoms with Crippen LogP contribution in [-0.4, -0.2) is 17.2 Å². The number of carbonyl (C=O) groups excluding carboxylic acids is 1. The average molecular weight is 154 g/mol. The molecule has 1 unspecified atom stereocenters. The van der Waals surface area contributed by atoms with E-state index < -0.39 is 12.1 Å². The molecular weight excluding hydrogens is 147 g/mol. The van der Waals surface area contributed by atoms with Gasteiger partial charge in [-0.05, 0) is 13.0 Å². The Hall–Kier alpha value is 0.806. The van der Waals surface area contributed by atoms with Crippen LogP contribution in [0, 0.1) is 0 Å². The molecule has 0 aliphatic heterocycles. The van der Waals surface area contributed by atoms with E-state index in [1.807, 2.05) is 0 Å². The normalized spacial score (nSPS) is 12.7. The smallest absolute Gasteiger partial charge is 0.545 e. The summed E-state index contributed by atoms with van der Waals surface area (Å²) in [5.41, 5.74) is 0. The number of carboxylic acids is 1. The second kappa shape index (κ2) is 6.92. The maximum atomic E-state index is 9.59. The van der Waals surface area contributed by atoms with E-state index in [4.69, 9.17) is 5.11 Å². The largest absolute Gasteiger partial charge is 1.00 e. The molecule has 0 aromatic carbocycles. The third-order valence-corrected chi connectivity index (χ3v) is 0.511. The molecule has 0 saturated carbocycles. The van der Waals surface area contributed by atoms with Crippen molar-refractivity contribution in [3.05, 3.63) is 12.2 Å². The Morgan fingerprint density at radius 3 is 2.33 bits per heavy atom. The third kappa shape index (κ3) is 12.1. The molecule has 0 bridgehead atoms. The van der Waals surface area contributed by atoms with Gasteiger partial charge >= 0.3 is 51.4 Å². The molecule has 0 radical (unpaired) electrons. The SMILES string of the molecule is CC(O)C=CC(=O)[O-].[K+]. The molecule has 0 aromatic heterocycles. The monoisotopic (exact) mass is 154 g/mol. The molecule has 0 fully saturated rings. The number of aliphatic hydroxyl groups is 1. The zero-order valence-corrected chi connectivity index (χ0v) is 8.62. The van der Waals surface area contributed by atoms with E-state index in [-0.39, 0.29) is 51.4 Å². The van der Waals surface area contributed by atoms with Gasteiger partial charge in [-0.1, -0.05) is 6.08 Å². The Bertz CT molecular complexity index is 109. The number of hydrogen-bond acceptors (Lipinski definition) is 3. The first-order chi connectivity index (χ1) is 3.63. The van der Waals surface area contributed by atoms with Gasteiger partial charge in [-0.2, -0.15) is 0 Å². The van der Waals surface area contributed by atoms with Crippen molar-refractivity contribution < 1.29 is 66.4 Å². The van der Waals surface area contributed by atoms with Crippen LogP contribution in [0.4, 0.5) is 0 Å². The molecule has 1 N–H and O–H groups in total. The van der Waals surface area contributed by atoms with Gasteiger partial charge in [0, 0.05) is 0 Å². The second-order valence-electron chi connectivity index (χ2n) is 1.42. The number of aliphatic hydroxyl groups excluding tert-OH is 1. The first-order valence-electron chi connectivity index (χ1n) is 2.20. The molecule has 46 valence electrons. The summed E-state index contributed by atoms with van der Waals surface area (Å²) in [4.78, 5) is 9.59. The van der Waals surface area contributed by atoms with E-state index in [2.05, 4.69) is 0 Å². The van der Waals surface area contributed by atoms with Crippen LogP contribution in [0.25, 0.3) is 0 Å². The first-order valence-corrected chi connectivity index (χ1v) is 2.20. The molecule has 9 heavy (non-hydrogen) atoms. The van der Waals surface area contributed by atoms with Crippen molar-refractivity contribution in [2.75, 3.05) is 0 Å². The van der Waals surface area contributed by atoms with Crippen LogP contribution < -0.4 is 56.5 Å². The standard InChI is InChI=1S/C5H8O3.K/c1-4(6)2-3-5(7)8;/h2-4,6H,1H3,(H,7,8);/q;+1/p-1. The fourth-order valence-corrected chi connectivity index (χ4v) is 0.218. The Morgan fingerprint density at radius 2 is 2.22 bits per heavy atom. The summed E-state index contributed by atoms with van der Waals surface area (Å²) in [5.74, 6) is -1.29.